The number of rotatable bonds is 2. The molecule has 0 bridgehead atoms. The van der Waals surface area contributed by atoms with Crippen LogP contribution in [-0.2, 0) is 6.54 Å². The molecule has 1 fully saturated rings. The Kier molecular flexibility index (Phi) is 3.29. The lowest BCUT2D eigenvalue weighted by Crippen LogP contribution is -2.24. The van der Waals surface area contributed by atoms with Gasteiger partial charge in [0.05, 0.1) is 17.9 Å². The highest BCUT2D eigenvalue weighted by Crippen LogP contribution is 2.13. The predicted octanol–water partition coefficient (Wildman–Crippen LogP) is -0.460. The normalized spacial score (nSPS) is 23.6. The molecule has 106 valence electrons. The van der Waals surface area contributed by atoms with Crippen LogP contribution in [0, 0.1) is 6.92 Å². The molecule has 2 N–H and O–H groups in total. The molecule has 1 aliphatic rings. The Balaban J connectivity index is 1.93. The summed E-state index contributed by atoms with van der Waals surface area (Å²) >= 11 is 0. The minimum atomic E-state index is -0.724. The van der Waals surface area contributed by atoms with Crippen LogP contribution in [0.3, 0.4) is 0 Å². The van der Waals surface area contributed by atoms with E-state index in [0.717, 1.165) is 5.56 Å². The first-order chi connectivity index (χ1) is 9.54. The van der Waals surface area contributed by atoms with Gasteiger partial charge in [-0.3, -0.25) is 14.1 Å². The number of aliphatic hydroxyl groups is 2. The van der Waals surface area contributed by atoms with Crippen molar-refractivity contribution in [2.75, 3.05) is 13.1 Å². The minimum absolute atomic E-state index is 0.117. The van der Waals surface area contributed by atoms with Gasteiger partial charge in [0.2, 0.25) is 0 Å². The van der Waals surface area contributed by atoms with Crippen molar-refractivity contribution in [1.82, 2.24) is 14.3 Å². The molecule has 6 heteroatoms. The molecule has 2 unspecified atom stereocenters. The number of aromatic nitrogens is 2. The number of aryl methyl sites for hydroxylation is 1. The standard InChI is InChI=1S/C14H17N3O3/c1-9-3-2-4-17-13(20)5-10(15-14(9)17)6-16-7-11(18)12(19)8-16/h2-5,11-12,18-19H,6-8H2,1H3. The van der Waals surface area contributed by atoms with Crippen molar-refractivity contribution in [3.8, 4) is 0 Å². The summed E-state index contributed by atoms with van der Waals surface area (Å²) in [7, 11) is 0. The Morgan fingerprint density at radius 1 is 1.35 bits per heavy atom. The molecule has 0 aromatic carbocycles. The Labute approximate surface area is 115 Å². The van der Waals surface area contributed by atoms with Gasteiger partial charge in [-0.2, -0.15) is 0 Å². The van der Waals surface area contributed by atoms with Gasteiger partial charge in [0.25, 0.3) is 5.56 Å². The second-order valence-electron chi connectivity index (χ2n) is 5.30. The number of aliphatic hydroxyl groups excluding tert-OH is 2. The van der Waals surface area contributed by atoms with E-state index in [9.17, 15) is 15.0 Å². The second kappa shape index (κ2) is 4.97. The quantitative estimate of drug-likeness (QED) is 0.775. The van der Waals surface area contributed by atoms with Crippen LogP contribution in [-0.4, -0.2) is 49.8 Å². The van der Waals surface area contributed by atoms with Crippen LogP contribution in [0.5, 0.6) is 0 Å². The van der Waals surface area contributed by atoms with Gasteiger partial charge in [-0.15, -0.1) is 0 Å². The zero-order valence-electron chi connectivity index (χ0n) is 11.2. The first kappa shape index (κ1) is 13.2. The lowest BCUT2D eigenvalue weighted by Gasteiger charge is -2.14. The fourth-order valence-electron chi connectivity index (χ4n) is 2.59. The van der Waals surface area contributed by atoms with Crippen LogP contribution < -0.4 is 5.56 Å². The number of likely N-dealkylation sites (tertiary alicyclic amines) is 1. The third-order valence-electron chi connectivity index (χ3n) is 3.66. The summed E-state index contributed by atoms with van der Waals surface area (Å²) in [6.07, 6.45) is 0.252. The maximum atomic E-state index is 12.1. The average Bonchev–Trinajstić information content (AvgIpc) is 2.70. The smallest absolute Gasteiger partial charge is 0.258 e. The van der Waals surface area contributed by atoms with E-state index in [-0.39, 0.29) is 5.56 Å². The monoisotopic (exact) mass is 275 g/mol. The Morgan fingerprint density at radius 3 is 2.75 bits per heavy atom. The molecule has 3 rings (SSSR count). The SMILES string of the molecule is Cc1cccn2c(=O)cc(CN3CC(O)C(O)C3)nc12. The third kappa shape index (κ3) is 2.33. The zero-order chi connectivity index (χ0) is 14.3. The summed E-state index contributed by atoms with van der Waals surface area (Å²) in [5, 5.41) is 19.1. The van der Waals surface area contributed by atoms with Gasteiger partial charge in [0.15, 0.2) is 0 Å². The summed E-state index contributed by atoms with van der Waals surface area (Å²) < 4.78 is 1.52. The third-order valence-corrected chi connectivity index (χ3v) is 3.66. The summed E-state index contributed by atoms with van der Waals surface area (Å²) in [4.78, 5) is 18.5. The molecule has 1 aliphatic heterocycles. The molecule has 2 atom stereocenters. The molecule has 1 saturated heterocycles. The lowest BCUT2D eigenvalue weighted by molar-refractivity contribution is 0.0572. The zero-order valence-corrected chi connectivity index (χ0v) is 11.2. The average molecular weight is 275 g/mol. The van der Waals surface area contributed by atoms with E-state index < -0.39 is 12.2 Å². The van der Waals surface area contributed by atoms with Crippen molar-refractivity contribution >= 4 is 5.65 Å². The molecule has 2 aromatic rings. The molecule has 0 amide bonds. The van der Waals surface area contributed by atoms with Crippen LogP contribution in [0.4, 0.5) is 0 Å². The number of nitrogens with zero attached hydrogens (tertiary/aromatic N) is 3. The van der Waals surface area contributed by atoms with Crippen molar-refractivity contribution in [2.45, 2.75) is 25.7 Å². The number of pyridine rings is 1. The van der Waals surface area contributed by atoms with Gasteiger partial charge < -0.3 is 10.2 Å². The van der Waals surface area contributed by atoms with Gasteiger partial charge in [-0.05, 0) is 18.6 Å². The topological polar surface area (TPSA) is 78.1 Å². The van der Waals surface area contributed by atoms with Crippen molar-refractivity contribution < 1.29 is 10.2 Å². The molecular formula is C14H17N3O3. The van der Waals surface area contributed by atoms with Crippen molar-refractivity contribution in [2.24, 2.45) is 0 Å². The van der Waals surface area contributed by atoms with Crippen molar-refractivity contribution in [3.63, 3.8) is 0 Å². The second-order valence-corrected chi connectivity index (χ2v) is 5.30. The Hall–Kier alpha value is -1.76. The lowest BCUT2D eigenvalue weighted by atomic mass is 10.3. The van der Waals surface area contributed by atoms with E-state index in [1.807, 2.05) is 24.0 Å². The van der Waals surface area contributed by atoms with E-state index in [1.54, 1.807) is 6.20 Å². The molecule has 6 nitrogen and oxygen atoms in total. The molecule has 0 saturated carbocycles. The van der Waals surface area contributed by atoms with Crippen molar-refractivity contribution in [1.29, 1.82) is 0 Å². The predicted molar refractivity (Wildman–Crippen MR) is 73.5 cm³/mol. The number of fused-ring (bicyclic) bond motifs is 1. The highest BCUT2D eigenvalue weighted by molar-refractivity contribution is 5.46. The van der Waals surface area contributed by atoms with Crippen LogP contribution in [0.1, 0.15) is 11.3 Å². The van der Waals surface area contributed by atoms with E-state index in [4.69, 9.17) is 0 Å². The Bertz CT molecular complexity index is 688. The molecule has 2 aromatic heterocycles. The maximum Gasteiger partial charge on any atom is 0.258 e. The molecule has 0 radical (unpaired) electrons. The number of β-amino-alcohol motifs (C(OH)–C–C–N with tert-alkyl or cyclic N) is 2. The van der Waals surface area contributed by atoms with Gasteiger partial charge >= 0.3 is 0 Å². The first-order valence-electron chi connectivity index (χ1n) is 6.61. The highest BCUT2D eigenvalue weighted by Gasteiger charge is 2.29. The van der Waals surface area contributed by atoms with Crippen LogP contribution >= 0.6 is 0 Å². The molecular weight excluding hydrogens is 258 g/mol. The fourth-order valence-corrected chi connectivity index (χ4v) is 2.59. The van der Waals surface area contributed by atoms with Gasteiger partial charge in [-0.25, -0.2) is 4.98 Å². The van der Waals surface area contributed by atoms with Crippen LogP contribution in [0.25, 0.3) is 5.65 Å². The molecule has 3 heterocycles. The van der Waals surface area contributed by atoms with Gasteiger partial charge in [-0.1, -0.05) is 6.07 Å². The van der Waals surface area contributed by atoms with Crippen LogP contribution in [0.2, 0.25) is 0 Å². The first-order valence-corrected chi connectivity index (χ1v) is 6.61. The van der Waals surface area contributed by atoms with Crippen LogP contribution in [0.15, 0.2) is 29.2 Å². The molecule has 20 heavy (non-hydrogen) atoms. The van der Waals surface area contributed by atoms with Crippen molar-refractivity contribution in [3.05, 3.63) is 46.0 Å². The minimum Gasteiger partial charge on any atom is -0.389 e. The maximum absolute atomic E-state index is 12.1. The molecule has 0 aliphatic carbocycles. The summed E-state index contributed by atoms with van der Waals surface area (Å²) in [5.41, 5.74) is 2.13. The number of hydrogen-bond donors (Lipinski definition) is 2. The Morgan fingerprint density at radius 2 is 2.05 bits per heavy atom. The largest absolute Gasteiger partial charge is 0.389 e. The summed E-state index contributed by atoms with van der Waals surface area (Å²) in [6, 6.07) is 5.23. The number of hydrogen-bond acceptors (Lipinski definition) is 5. The van der Waals surface area contributed by atoms with E-state index in [2.05, 4.69) is 4.98 Å². The van der Waals surface area contributed by atoms with Gasteiger partial charge in [0.1, 0.15) is 5.65 Å². The summed E-state index contributed by atoms with van der Waals surface area (Å²) in [5.74, 6) is 0. The van der Waals surface area contributed by atoms with E-state index >= 15 is 0 Å². The highest BCUT2D eigenvalue weighted by atomic mass is 16.3. The van der Waals surface area contributed by atoms with Gasteiger partial charge in [0, 0.05) is 31.9 Å². The van der Waals surface area contributed by atoms with E-state index in [1.165, 1.54) is 10.5 Å². The summed E-state index contributed by atoms with van der Waals surface area (Å²) in [6.45, 7) is 3.16. The van der Waals surface area contributed by atoms with E-state index in [0.29, 0.717) is 31.0 Å². The molecule has 0 spiro atoms. The fraction of sp³-hybridized carbons (Fsp3) is 0.429.